The summed E-state index contributed by atoms with van der Waals surface area (Å²) in [6, 6.07) is 16.1. The largest absolute Gasteiger partial charge is 0.325 e. The number of anilines is 1. The average Bonchev–Trinajstić information content (AvgIpc) is 3.12. The van der Waals surface area contributed by atoms with E-state index in [2.05, 4.69) is 46.9 Å². The lowest BCUT2D eigenvalue weighted by atomic mass is 9.98. The van der Waals surface area contributed by atoms with E-state index in [1.165, 1.54) is 11.8 Å². The van der Waals surface area contributed by atoms with E-state index in [-0.39, 0.29) is 11.2 Å². The molecule has 1 amide bonds. The van der Waals surface area contributed by atoms with E-state index in [4.69, 9.17) is 0 Å². The second-order valence-electron chi connectivity index (χ2n) is 7.36. The third-order valence-corrected chi connectivity index (χ3v) is 5.97. The average molecular weight is 409 g/mol. The Morgan fingerprint density at radius 1 is 1.07 bits per heavy atom. The summed E-state index contributed by atoms with van der Waals surface area (Å²) in [5, 5.41) is 12.3. The maximum atomic E-state index is 12.9. The van der Waals surface area contributed by atoms with Crippen molar-refractivity contribution < 1.29 is 4.79 Å². The van der Waals surface area contributed by atoms with Crippen LogP contribution in [0.5, 0.6) is 0 Å². The Hall–Kier alpha value is -2.60. The molecule has 1 aromatic heterocycles. The number of aromatic nitrogens is 3. The standard InChI is InChI=1S/C23H28N4OS/c1-6-27-21(18-12-8-7-9-13-18)25-26-23(27)29-17(5)22(28)24-20-16(4)11-10-14-19(20)15(2)3/h7-15,17H,6H2,1-5H3,(H,24,28)/t17-/m1/s1. The highest BCUT2D eigenvalue weighted by atomic mass is 32.2. The van der Waals surface area contributed by atoms with Gasteiger partial charge in [0.2, 0.25) is 5.91 Å². The molecular weight excluding hydrogens is 380 g/mol. The van der Waals surface area contributed by atoms with Gasteiger partial charge in [-0.15, -0.1) is 10.2 Å². The van der Waals surface area contributed by atoms with Crippen LogP contribution < -0.4 is 5.32 Å². The van der Waals surface area contributed by atoms with Crippen LogP contribution in [0, 0.1) is 6.92 Å². The number of carbonyl (C=O) groups excluding carboxylic acids is 1. The van der Waals surface area contributed by atoms with Gasteiger partial charge in [0.05, 0.1) is 5.25 Å². The molecule has 152 valence electrons. The van der Waals surface area contributed by atoms with E-state index in [0.29, 0.717) is 5.92 Å². The first-order valence-electron chi connectivity index (χ1n) is 9.98. The molecule has 0 radical (unpaired) electrons. The first-order valence-corrected chi connectivity index (χ1v) is 10.9. The number of nitrogens with one attached hydrogen (secondary N) is 1. The summed E-state index contributed by atoms with van der Waals surface area (Å²) in [6.45, 7) is 11.0. The van der Waals surface area contributed by atoms with Gasteiger partial charge in [-0.3, -0.25) is 4.79 Å². The molecule has 0 spiro atoms. The Bertz CT molecular complexity index is 982. The van der Waals surface area contributed by atoms with Gasteiger partial charge >= 0.3 is 0 Å². The van der Waals surface area contributed by atoms with Crippen molar-refractivity contribution in [2.75, 3.05) is 5.32 Å². The molecule has 0 bridgehead atoms. The summed E-state index contributed by atoms with van der Waals surface area (Å²) >= 11 is 1.44. The van der Waals surface area contributed by atoms with Crippen LogP contribution >= 0.6 is 11.8 Å². The van der Waals surface area contributed by atoms with Crippen molar-refractivity contribution in [1.82, 2.24) is 14.8 Å². The van der Waals surface area contributed by atoms with Crippen molar-refractivity contribution in [2.45, 2.75) is 57.5 Å². The number of hydrogen-bond donors (Lipinski definition) is 1. The Morgan fingerprint density at radius 2 is 1.79 bits per heavy atom. The number of aryl methyl sites for hydroxylation is 1. The summed E-state index contributed by atoms with van der Waals surface area (Å²) in [4.78, 5) is 12.9. The molecule has 0 saturated heterocycles. The first kappa shape index (κ1) is 21.1. The van der Waals surface area contributed by atoms with Crippen molar-refractivity contribution in [1.29, 1.82) is 0 Å². The van der Waals surface area contributed by atoms with Gasteiger partial charge in [0.25, 0.3) is 0 Å². The van der Waals surface area contributed by atoms with E-state index in [0.717, 1.165) is 39.9 Å². The number of rotatable bonds is 7. The van der Waals surface area contributed by atoms with Gasteiger partial charge in [0.1, 0.15) is 0 Å². The number of thioether (sulfide) groups is 1. The van der Waals surface area contributed by atoms with Crippen LogP contribution in [0.2, 0.25) is 0 Å². The lowest BCUT2D eigenvalue weighted by molar-refractivity contribution is -0.115. The van der Waals surface area contributed by atoms with E-state index in [1.54, 1.807) is 0 Å². The Labute approximate surface area is 176 Å². The Balaban J connectivity index is 1.79. The molecule has 1 atom stereocenters. The maximum absolute atomic E-state index is 12.9. The molecule has 0 aliphatic rings. The van der Waals surface area contributed by atoms with Gasteiger partial charge in [-0.2, -0.15) is 0 Å². The minimum absolute atomic E-state index is 0.0295. The highest BCUT2D eigenvalue weighted by Crippen LogP contribution is 2.30. The molecular formula is C23H28N4OS. The number of para-hydroxylation sites is 1. The van der Waals surface area contributed by atoms with Crippen LogP contribution in [-0.2, 0) is 11.3 Å². The van der Waals surface area contributed by atoms with Crippen molar-refractivity contribution in [3.63, 3.8) is 0 Å². The molecule has 6 heteroatoms. The van der Waals surface area contributed by atoms with Crippen LogP contribution in [0.1, 0.15) is 44.7 Å². The van der Waals surface area contributed by atoms with Gasteiger partial charge in [-0.1, -0.05) is 74.1 Å². The normalized spacial score (nSPS) is 12.2. The minimum atomic E-state index is -0.298. The summed E-state index contributed by atoms with van der Waals surface area (Å²) < 4.78 is 2.05. The zero-order valence-corrected chi connectivity index (χ0v) is 18.5. The molecule has 0 unspecified atom stereocenters. The molecule has 1 heterocycles. The fraction of sp³-hybridized carbons (Fsp3) is 0.348. The summed E-state index contributed by atoms with van der Waals surface area (Å²) in [5.74, 6) is 1.13. The molecule has 29 heavy (non-hydrogen) atoms. The second-order valence-corrected chi connectivity index (χ2v) is 8.67. The fourth-order valence-corrected chi connectivity index (χ4v) is 4.15. The zero-order valence-electron chi connectivity index (χ0n) is 17.6. The van der Waals surface area contributed by atoms with Crippen molar-refractivity contribution >= 4 is 23.4 Å². The number of hydrogen-bond acceptors (Lipinski definition) is 4. The van der Waals surface area contributed by atoms with Crippen LogP contribution in [0.25, 0.3) is 11.4 Å². The van der Waals surface area contributed by atoms with Crippen LogP contribution in [0.3, 0.4) is 0 Å². The van der Waals surface area contributed by atoms with E-state index in [1.807, 2.05) is 56.3 Å². The van der Waals surface area contributed by atoms with Crippen molar-refractivity contribution in [3.8, 4) is 11.4 Å². The van der Waals surface area contributed by atoms with Crippen LogP contribution in [-0.4, -0.2) is 25.9 Å². The highest BCUT2D eigenvalue weighted by molar-refractivity contribution is 8.00. The van der Waals surface area contributed by atoms with Crippen molar-refractivity contribution in [2.24, 2.45) is 0 Å². The predicted molar refractivity (Wildman–Crippen MR) is 120 cm³/mol. The molecule has 0 aliphatic carbocycles. The maximum Gasteiger partial charge on any atom is 0.237 e. The minimum Gasteiger partial charge on any atom is -0.325 e. The van der Waals surface area contributed by atoms with Gasteiger partial charge < -0.3 is 9.88 Å². The van der Waals surface area contributed by atoms with Gasteiger partial charge in [-0.05, 0) is 37.8 Å². The molecule has 1 N–H and O–H groups in total. The SMILES string of the molecule is CCn1c(S[C@H](C)C(=O)Nc2c(C)cccc2C(C)C)nnc1-c1ccccc1. The topological polar surface area (TPSA) is 59.8 Å². The van der Waals surface area contributed by atoms with Gasteiger partial charge in [0, 0.05) is 17.8 Å². The smallest absolute Gasteiger partial charge is 0.237 e. The molecule has 0 saturated carbocycles. The first-order chi connectivity index (χ1) is 13.9. The van der Waals surface area contributed by atoms with Gasteiger partial charge in [0.15, 0.2) is 11.0 Å². The summed E-state index contributed by atoms with van der Waals surface area (Å²) in [6.07, 6.45) is 0. The lowest BCUT2D eigenvalue weighted by Crippen LogP contribution is -2.24. The molecule has 3 aromatic rings. The van der Waals surface area contributed by atoms with E-state index in [9.17, 15) is 4.79 Å². The predicted octanol–water partition coefficient (Wildman–Crippen LogP) is 5.52. The second kappa shape index (κ2) is 9.27. The van der Waals surface area contributed by atoms with Crippen LogP contribution in [0.4, 0.5) is 5.69 Å². The van der Waals surface area contributed by atoms with E-state index < -0.39 is 0 Å². The van der Waals surface area contributed by atoms with E-state index >= 15 is 0 Å². The van der Waals surface area contributed by atoms with Crippen molar-refractivity contribution in [3.05, 3.63) is 59.7 Å². The summed E-state index contributed by atoms with van der Waals surface area (Å²) in [5.41, 5.74) is 4.16. The third kappa shape index (κ3) is 4.70. The molecule has 5 nitrogen and oxygen atoms in total. The molecule has 3 rings (SSSR count). The monoisotopic (exact) mass is 408 g/mol. The molecule has 0 aliphatic heterocycles. The number of carbonyl (C=O) groups is 1. The fourth-order valence-electron chi connectivity index (χ4n) is 3.24. The number of nitrogens with zero attached hydrogens (tertiary/aromatic N) is 3. The molecule has 0 fully saturated rings. The molecule has 2 aromatic carbocycles. The Kier molecular flexibility index (Phi) is 6.75. The van der Waals surface area contributed by atoms with Crippen LogP contribution in [0.15, 0.2) is 53.7 Å². The summed E-state index contributed by atoms with van der Waals surface area (Å²) in [7, 11) is 0. The Morgan fingerprint density at radius 3 is 2.45 bits per heavy atom. The highest BCUT2D eigenvalue weighted by Gasteiger charge is 2.22. The van der Waals surface area contributed by atoms with Gasteiger partial charge in [-0.25, -0.2) is 0 Å². The number of benzene rings is 2. The lowest BCUT2D eigenvalue weighted by Gasteiger charge is -2.18. The third-order valence-electron chi connectivity index (χ3n) is 4.89. The number of amides is 1. The zero-order chi connectivity index (χ0) is 21.0. The quantitative estimate of drug-likeness (QED) is 0.523.